The zero-order chi connectivity index (χ0) is 109. The number of carbonyl (C=O) groups is 2. The molecule has 15 rings (SSSR count). The Morgan fingerprint density at radius 1 is 0.388 bits per heavy atom. The van der Waals surface area contributed by atoms with Gasteiger partial charge in [0.15, 0.2) is 67.6 Å². The number of fused-ring (bicyclic) bond motifs is 3. The van der Waals surface area contributed by atoms with Crippen LogP contribution in [-0.2, 0) is 113 Å². The van der Waals surface area contributed by atoms with Gasteiger partial charge in [-0.05, 0) is 254 Å². The number of phenols is 2. The first-order valence-electron chi connectivity index (χ1n) is 49.9. The van der Waals surface area contributed by atoms with E-state index in [0.29, 0.717) is 145 Å². The maximum atomic E-state index is 13.6. The van der Waals surface area contributed by atoms with Crippen molar-refractivity contribution in [1.29, 1.82) is 0 Å². The van der Waals surface area contributed by atoms with E-state index in [-0.39, 0.29) is 114 Å². The Morgan fingerprint density at radius 3 is 1.03 bits per heavy atom. The molecule has 0 bridgehead atoms. The van der Waals surface area contributed by atoms with Crippen LogP contribution in [0, 0.1) is 46.8 Å². The van der Waals surface area contributed by atoms with Crippen LogP contribution in [0.15, 0.2) is 98.4 Å². The first kappa shape index (κ1) is 125. The van der Waals surface area contributed by atoms with Gasteiger partial charge in [-0.3, -0.25) is 14.3 Å². The maximum absolute atomic E-state index is 13.6. The number of phenolic OH excluding ortho intramolecular Hbond substituents is 2. The summed E-state index contributed by atoms with van der Waals surface area (Å²) in [6.07, 6.45) is 11.7. The Bertz CT molecular complexity index is 6360. The Hall–Kier alpha value is -5.96. The zero-order valence-electron chi connectivity index (χ0n) is 88.8. The van der Waals surface area contributed by atoms with E-state index in [4.69, 9.17) is 114 Å². The minimum Gasteiger partial charge on any atom is -0.504 e. The van der Waals surface area contributed by atoms with E-state index >= 15 is 0 Å². The van der Waals surface area contributed by atoms with Crippen LogP contribution >= 0.6 is 69.8 Å². The van der Waals surface area contributed by atoms with Gasteiger partial charge < -0.3 is 71.8 Å². The number of oxazole rings is 3. The highest BCUT2D eigenvalue weighted by molar-refractivity contribution is 7.99. The summed E-state index contributed by atoms with van der Waals surface area (Å²) in [6, 6.07) is 15.9. The molecule has 2 amide bonds. The van der Waals surface area contributed by atoms with Crippen molar-refractivity contribution >= 4 is 176 Å². The molecule has 0 aliphatic carbocycles. The van der Waals surface area contributed by atoms with E-state index in [0.717, 1.165) is 130 Å². The van der Waals surface area contributed by atoms with Gasteiger partial charge in [-0.25, -0.2) is 53.4 Å². The van der Waals surface area contributed by atoms with E-state index in [2.05, 4.69) is 50.5 Å². The number of halogens is 5. The third-order valence-electron chi connectivity index (χ3n) is 26.9. The minimum absolute atomic E-state index is 0.00224. The normalized spacial score (nSPS) is 17.9. The van der Waals surface area contributed by atoms with E-state index in [9.17, 15) is 61.9 Å². The van der Waals surface area contributed by atoms with Crippen molar-refractivity contribution < 1.29 is 122 Å². The van der Waals surface area contributed by atoms with Gasteiger partial charge in [-0.1, -0.05) is 141 Å². The second-order valence-electron chi connectivity index (χ2n) is 44.8. The number of hydrogen-bond acceptors (Lipinski definition) is 31. The van der Waals surface area contributed by atoms with Crippen LogP contribution in [0.1, 0.15) is 253 Å². The molecule has 0 spiro atoms. The molecule has 7 saturated heterocycles. The van der Waals surface area contributed by atoms with E-state index in [1.54, 1.807) is 119 Å². The number of aliphatic hydroxyl groups is 1. The fraction of sp³-hybridized carbons (Fsp3) is 0.663. The van der Waals surface area contributed by atoms with Gasteiger partial charge in [0, 0.05) is 127 Å². The largest absolute Gasteiger partial charge is 0.504 e. The Morgan fingerprint density at radius 2 is 0.687 bits per heavy atom. The van der Waals surface area contributed by atoms with Crippen molar-refractivity contribution in [2.75, 3.05) is 134 Å². The molecular weight excluding hydrogens is 2120 g/mol. The summed E-state index contributed by atoms with van der Waals surface area (Å²) in [5.41, 5.74) is 1.03. The summed E-state index contributed by atoms with van der Waals surface area (Å²) in [4.78, 5) is 38.2. The SMILES string of the molecule is CC(C)(C)C(=O)Nc1ccc(Cl)c(S(=O)(=O)C(C)(C)C2CCOCC2)c1O.CC(C)(C)OC(=O)Nc1ccc(Cl)c(S(=O)(=O)C(C)(C)C2CCOCC2)c1O.CC(C)(C)c1nc2ccc(Cl)c(S(=O)(=O)C(C)(C)C3CCOCC3)c2o1.CC(C)(C)c1nc2ccc(Cl)c(S(=O)(=O)CC3CCOCC3)c2o1.CC(C)(C)c1nc2ccc(Cl)c(SCC3CCOCC3)c2o1.CS(=O)(=O)OCC1CCOCC1.OCC1CCOCC1. The first-order chi connectivity index (χ1) is 68.2. The summed E-state index contributed by atoms with van der Waals surface area (Å²) < 4.78 is 190. The van der Waals surface area contributed by atoms with Crippen LogP contribution in [0.4, 0.5) is 16.2 Å². The molecule has 8 aromatic rings. The lowest BCUT2D eigenvalue weighted by molar-refractivity contribution is -0.123. The monoisotopic (exact) mass is 2270 g/mol. The summed E-state index contributed by atoms with van der Waals surface area (Å²) in [6.45, 7) is 48.4. The summed E-state index contributed by atoms with van der Waals surface area (Å²) in [5, 5.41) is 35.9. The molecule has 0 radical (unpaired) electrons. The van der Waals surface area contributed by atoms with Gasteiger partial charge in [-0.15, -0.1) is 11.8 Å². The van der Waals surface area contributed by atoms with Gasteiger partial charge in [0.25, 0.3) is 10.1 Å². The summed E-state index contributed by atoms with van der Waals surface area (Å²) in [5.74, 6) is 2.75. The van der Waals surface area contributed by atoms with E-state index in [1.165, 1.54) is 24.3 Å². The zero-order valence-corrected chi connectivity index (χ0v) is 97.4. The number of benzene rings is 5. The molecular formula is C104H152Cl5N5O27S6. The number of thioether (sulfide) groups is 1. The van der Waals surface area contributed by atoms with Crippen molar-refractivity contribution in [2.24, 2.45) is 46.8 Å². The van der Waals surface area contributed by atoms with Crippen molar-refractivity contribution in [3.63, 3.8) is 0 Å². The number of sulfone groups is 4. The highest BCUT2D eigenvalue weighted by atomic mass is 35.5. The fourth-order valence-electron chi connectivity index (χ4n) is 17.1. The first-order valence-corrected chi connectivity index (χ1v) is 60.7. The summed E-state index contributed by atoms with van der Waals surface area (Å²) in [7, 11) is -18.6. The molecule has 7 aliphatic rings. The topological polar surface area (TPSA) is 451 Å². The molecule has 10 heterocycles. The number of anilines is 2. The lowest BCUT2D eigenvalue weighted by Gasteiger charge is -2.36. The molecule has 32 nitrogen and oxygen atoms in total. The number of carbonyl (C=O) groups excluding carboxylic acids is 2. The molecule has 0 unspecified atom stereocenters. The van der Waals surface area contributed by atoms with E-state index in [1.807, 2.05) is 53.7 Å². The number of aromatic hydroxyl groups is 2. The number of hydrogen-bond donors (Lipinski definition) is 5. The number of amides is 2. The molecule has 43 heteroatoms. The van der Waals surface area contributed by atoms with Crippen LogP contribution in [0.2, 0.25) is 25.1 Å². The lowest BCUT2D eigenvalue weighted by atomic mass is 9.88. The lowest BCUT2D eigenvalue weighted by Crippen LogP contribution is -2.42. The van der Waals surface area contributed by atoms with Gasteiger partial charge >= 0.3 is 6.09 Å². The number of ether oxygens (including phenoxy) is 8. The van der Waals surface area contributed by atoms with E-state index < -0.39 is 92.3 Å². The number of aromatic nitrogens is 3. The smallest absolute Gasteiger partial charge is 0.412 e. The van der Waals surface area contributed by atoms with Crippen molar-refractivity contribution in [1.82, 2.24) is 15.0 Å². The van der Waals surface area contributed by atoms with Crippen molar-refractivity contribution in [2.45, 2.75) is 296 Å². The van der Waals surface area contributed by atoms with Crippen LogP contribution in [0.5, 0.6) is 11.5 Å². The third kappa shape index (κ3) is 33.3. The Labute approximate surface area is 897 Å². The van der Waals surface area contributed by atoms with Crippen molar-refractivity contribution in [3.05, 3.63) is 103 Å². The standard InChI is InChI=1S/C19H28ClNO6S.C19H28ClNO5S.C19H26ClNO4S.C17H22ClNO4S.C17H22ClNO2S.C7H14O4S.C6H12O2/c1-18(2,3)27-17(23)21-14-7-6-13(20)16(15(14)22)28(24,25)19(4,5)12-8-10-26-11-9-12;1-18(2,3)17(23)21-14-7-6-13(20)16(15(14)22)27(24,25)19(4,5)12-8-10-26-11-9-12;1-18(2,3)17-21-14-7-6-13(20)16(15(14)25-17)26(22,23)19(4,5)12-8-10-24-11-9-12;1-17(2,3)16-19-13-5-4-12(18)15(14(13)23-16)24(20,21)10-11-6-8-22-9-7-11;1-17(2,3)16-19-13-5-4-12(18)15(14(13)21-16)22-10-11-6-8-20-9-7-11;1-12(8,9)11-6-7-2-4-10-5-3-7;7-5-6-1-3-8-4-2-6/h6-7,12,22H,8-11H2,1-5H3,(H,21,23);6-7,12,22H,8-11H2,1-5H3,(H,21,23);6-7,12H,8-11H2,1-5H3;4-5,11H,6-10H2,1-3H3;4-5,11H,6-10H2,1-3H3;7H,2-6H2,1H3;6-7H,1-5H2. The maximum Gasteiger partial charge on any atom is 0.412 e. The van der Waals surface area contributed by atoms with Crippen molar-refractivity contribution in [3.8, 4) is 11.5 Å². The quantitative estimate of drug-likeness (QED) is 0.0253. The average molecular weight is 2270 g/mol. The molecule has 147 heavy (non-hydrogen) atoms. The molecule has 0 atom stereocenters. The second-order valence-corrected chi connectivity index (χ2v) is 58.9. The molecule has 826 valence electrons. The highest BCUT2D eigenvalue weighted by Gasteiger charge is 2.50. The predicted molar refractivity (Wildman–Crippen MR) is 577 cm³/mol. The average Bonchev–Trinajstić information content (AvgIpc) is 1.73. The highest BCUT2D eigenvalue weighted by Crippen LogP contribution is 2.51. The second kappa shape index (κ2) is 52.1. The van der Waals surface area contributed by atoms with Crippen LogP contribution in [-0.4, -0.2) is 228 Å². The number of nitrogens with one attached hydrogen (secondary N) is 2. The molecule has 5 aromatic carbocycles. The molecule has 5 N–H and O–H groups in total. The molecule has 3 aromatic heterocycles. The van der Waals surface area contributed by atoms with Crippen LogP contribution < -0.4 is 10.6 Å². The molecule has 7 aliphatic heterocycles. The van der Waals surface area contributed by atoms with Gasteiger partial charge in [0.2, 0.25) is 23.6 Å². The molecule has 0 saturated carbocycles. The Balaban J connectivity index is 0.000000195. The number of nitrogens with zero attached hydrogens (tertiary/aromatic N) is 3. The number of aliphatic hydroxyl groups excluding tert-OH is 1. The van der Waals surface area contributed by atoms with Crippen LogP contribution in [0.3, 0.4) is 0 Å². The third-order valence-corrected chi connectivity index (χ3v) is 40.9. The minimum atomic E-state index is -4.02. The van der Waals surface area contributed by atoms with Gasteiger partial charge in [0.05, 0.1) is 74.2 Å². The molecule has 7 fully saturated rings. The number of rotatable bonds is 21. The van der Waals surface area contributed by atoms with Gasteiger partial charge in [-0.2, -0.15) is 8.42 Å². The van der Waals surface area contributed by atoms with Crippen LogP contribution in [0.25, 0.3) is 33.3 Å². The fourth-order valence-corrected chi connectivity index (χ4v) is 28.6. The predicted octanol–water partition coefficient (Wildman–Crippen LogP) is 23.2. The van der Waals surface area contributed by atoms with Gasteiger partial charge in [0.1, 0.15) is 41.7 Å². The summed E-state index contributed by atoms with van der Waals surface area (Å²) >= 11 is 33.1. The Kier molecular flexibility index (Phi) is 44.1.